The third kappa shape index (κ3) is 1.61. The number of rotatable bonds is 1. The van der Waals surface area contributed by atoms with Crippen molar-refractivity contribution >= 4 is 11.9 Å². The van der Waals surface area contributed by atoms with E-state index in [0.717, 1.165) is 0 Å². The Balaban J connectivity index is 2.20. The Kier molecular flexibility index (Phi) is 2.22. The smallest absolute Gasteiger partial charge is 0.427 e. The maximum Gasteiger partial charge on any atom is 0.509 e. The third-order valence-corrected chi connectivity index (χ3v) is 3.26. The summed E-state index contributed by atoms with van der Waals surface area (Å²) in [5, 5.41) is 10.1. The zero-order valence-electron chi connectivity index (χ0n) is 8.73. The van der Waals surface area contributed by atoms with Gasteiger partial charge in [-0.1, -0.05) is 6.92 Å². The minimum absolute atomic E-state index is 0.0656. The van der Waals surface area contributed by atoms with Gasteiger partial charge in [-0.05, 0) is 13.3 Å². The van der Waals surface area contributed by atoms with E-state index in [1.165, 1.54) is 6.92 Å². The Morgan fingerprint density at radius 3 is 2.73 bits per heavy atom. The molecule has 2 aliphatic rings. The summed E-state index contributed by atoms with van der Waals surface area (Å²) in [5.74, 6) is -0.347. The average molecular weight is 214 g/mol. The van der Waals surface area contributed by atoms with Crippen LogP contribution in [0.3, 0.4) is 0 Å². The summed E-state index contributed by atoms with van der Waals surface area (Å²) in [6.45, 7) is 3.19. The van der Waals surface area contributed by atoms with Gasteiger partial charge >= 0.3 is 6.16 Å². The van der Waals surface area contributed by atoms with Crippen LogP contribution in [0.25, 0.3) is 0 Å². The summed E-state index contributed by atoms with van der Waals surface area (Å²) < 4.78 is 9.87. The number of Topliss-reactive ketones (excluding diaryl/α,β-unsaturated/α-hetero) is 1. The van der Waals surface area contributed by atoms with Gasteiger partial charge in [-0.3, -0.25) is 4.79 Å². The van der Waals surface area contributed by atoms with Crippen molar-refractivity contribution in [3.05, 3.63) is 0 Å². The minimum Gasteiger partial charge on any atom is -0.427 e. The molecule has 1 aliphatic carbocycles. The van der Waals surface area contributed by atoms with Crippen molar-refractivity contribution in [3.8, 4) is 0 Å². The number of carbonyl (C=O) groups is 2. The molecule has 2 fully saturated rings. The van der Waals surface area contributed by atoms with Gasteiger partial charge in [0.2, 0.25) is 0 Å². The van der Waals surface area contributed by atoms with Crippen LogP contribution in [0.4, 0.5) is 4.79 Å². The number of hydrogen-bond acceptors (Lipinski definition) is 5. The molecule has 0 spiro atoms. The summed E-state index contributed by atoms with van der Waals surface area (Å²) in [6.07, 6.45) is -1.06. The van der Waals surface area contributed by atoms with Crippen LogP contribution in [-0.4, -0.2) is 34.9 Å². The first kappa shape index (κ1) is 10.4. The molecule has 0 amide bonds. The standard InChI is InChI=1S/C10H14O5/c1-5-3-10(13,6(2)11)4-7-8(5)15-9(12)14-7/h5,7-8,13H,3-4H2,1-2H3/t5-,7-,8+,10-/m1/s1. The van der Waals surface area contributed by atoms with Crippen LogP contribution in [0, 0.1) is 5.92 Å². The van der Waals surface area contributed by atoms with Gasteiger partial charge in [-0.2, -0.15) is 0 Å². The maximum absolute atomic E-state index is 11.3. The van der Waals surface area contributed by atoms with Gasteiger partial charge in [-0.25, -0.2) is 4.79 Å². The van der Waals surface area contributed by atoms with Gasteiger partial charge in [0.25, 0.3) is 0 Å². The maximum atomic E-state index is 11.3. The van der Waals surface area contributed by atoms with Gasteiger partial charge in [-0.15, -0.1) is 0 Å². The van der Waals surface area contributed by atoms with Gasteiger partial charge in [0, 0.05) is 12.3 Å². The van der Waals surface area contributed by atoms with Gasteiger partial charge in [0.05, 0.1) is 0 Å². The second-order valence-corrected chi connectivity index (χ2v) is 4.46. The lowest BCUT2D eigenvalue weighted by molar-refractivity contribution is -0.147. The lowest BCUT2D eigenvalue weighted by Gasteiger charge is -2.37. The highest BCUT2D eigenvalue weighted by atomic mass is 16.8. The number of carbonyl (C=O) groups excluding carboxylic acids is 2. The van der Waals surface area contributed by atoms with Crippen molar-refractivity contribution in [2.45, 2.75) is 44.5 Å². The molecule has 0 radical (unpaired) electrons. The molecule has 1 aliphatic heterocycles. The highest BCUT2D eigenvalue weighted by molar-refractivity contribution is 5.85. The SMILES string of the molecule is CC(=O)[C@@]1(O)C[C@@H](C)[C@@H]2OC(=O)O[C@@H]2C1. The van der Waals surface area contributed by atoms with Crippen LogP contribution >= 0.6 is 0 Å². The van der Waals surface area contributed by atoms with Crippen LogP contribution < -0.4 is 0 Å². The quantitative estimate of drug-likeness (QED) is 0.648. The van der Waals surface area contributed by atoms with E-state index < -0.39 is 17.9 Å². The molecule has 0 aromatic carbocycles. The molecule has 5 nitrogen and oxygen atoms in total. The topological polar surface area (TPSA) is 72.8 Å². The first-order valence-electron chi connectivity index (χ1n) is 5.03. The Morgan fingerprint density at radius 2 is 2.13 bits per heavy atom. The van der Waals surface area contributed by atoms with E-state index in [-0.39, 0.29) is 24.2 Å². The van der Waals surface area contributed by atoms with Crippen LogP contribution in [0.5, 0.6) is 0 Å². The van der Waals surface area contributed by atoms with Crippen molar-refractivity contribution in [2.24, 2.45) is 5.92 Å². The lowest BCUT2D eigenvalue weighted by Crippen LogP contribution is -2.51. The predicted molar refractivity (Wildman–Crippen MR) is 49.2 cm³/mol. The van der Waals surface area contributed by atoms with Crippen molar-refractivity contribution in [1.29, 1.82) is 0 Å². The van der Waals surface area contributed by atoms with E-state index >= 15 is 0 Å². The molecule has 5 heteroatoms. The summed E-state index contributed by atoms with van der Waals surface area (Å²) >= 11 is 0. The Bertz CT molecular complexity index is 313. The van der Waals surface area contributed by atoms with Crippen molar-refractivity contribution in [1.82, 2.24) is 0 Å². The fraction of sp³-hybridized carbons (Fsp3) is 0.800. The molecule has 84 valence electrons. The first-order chi connectivity index (χ1) is 6.92. The summed E-state index contributed by atoms with van der Waals surface area (Å²) in [7, 11) is 0. The summed E-state index contributed by atoms with van der Waals surface area (Å²) in [6, 6.07) is 0. The van der Waals surface area contributed by atoms with E-state index in [1.54, 1.807) is 0 Å². The second kappa shape index (κ2) is 3.20. The van der Waals surface area contributed by atoms with E-state index in [2.05, 4.69) is 0 Å². The molecule has 1 heterocycles. The number of ketones is 1. The summed E-state index contributed by atoms with van der Waals surface area (Å²) in [5.41, 5.74) is -1.37. The molecule has 0 unspecified atom stereocenters. The minimum atomic E-state index is -1.37. The zero-order chi connectivity index (χ0) is 11.2. The third-order valence-electron chi connectivity index (χ3n) is 3.26. The van der Waals surface area contributed by atoms with E-state index in [0.29, 0.717) is 6.42 Å². The molecular weight excluding hydrogens is 200 g/mol. The van der Waals surface area contributed by atoms with Crippen molar-refractivity contribution < 1.29 is 24.2 Å². The van der Waals surface area contributed by atoms with Crippen LogP contribution in [0.15, 0.2) is 0 Å². The molecular formula is C10H14O5. The molecule has 0 bridgehead atoms. The van der Waals surface area contributed by atoms with E-state index in [1.807, 2.05) is 6.92 Å². The Labute approximate surface area is 87.4 Å². The van der Waals surface area contributed by atoms with Crippen molar-refractivity contribution in [2.75, 3.05) is 0 Å². The molecule has 4 atom stereocenters. The fourth-order valence-electron chi connectivity index (χ4n) is 2.40. The molecule has 1 N–H and O–H groups in total. The largest absolute Gasteiger partial charge is 0.509 e. The number of fused-ring (bicyclic) bond motifs is 1. The van der Waals surface area contributed by atoms with Gasteiger partial charge < -0.3 is 14.6 Å². The fourth-order valence-corrected chi connectivity index (χ4v) is 2.40. The summed E-state index contributed by atoms with van der Waals surface area (Å²) in [4.78, 5) is 22.2. The van der Waals surface area contributed by atoms with Crippen LogP contribution in [0.1, 0.15) is 26.7 Å². The molecule has 1 saturated heterocycles. The molecule has 2 rings (SSSR count). The highest BCUT2D eigenvalue weighted by Gasteiger charge is 2.52. The van der Waals surface area contributed by atoms with Crippen LogP contribution in [-0.2, 0) is 14.3 Å². The lowest BCUT2D eigenvalue weighted by atomic mass is 9.74. The van der Waals surface area contributed by atoms with E-state index in [4.69, 9.17) is 9.47 Å². The number of aliphatic hydroxyl groups is 1. The predicted octanol–water partition coefficient (Wildman–Crippen LogP) is 0.640. The second-order valence-electron chi connectivity index (χ2n) is 4.46. The average Bonchev–Trinajstić information content (AvgIpc) is 2.45. The first-order valence-corrected chi connectivity index (χ1v) is 5.03. The normalized spacial score (nSPS) is 44.2. The Morgan fingerprint density at radius 1 is 1.47 bits per heavy atom. The number of ether oxygens (including phenoxy) is 2. The van der Waals surface area contributed by atoms with Gasteiger partial charge in [0.1, 0.15) is 17.8 Å². The Hall–Kier alpha value is -1.10. The monoisotopic (exact) mass is 214 g/mol. The molecule has 15 heavy (non-hydrogen) atoms. The number of hydrogen-bond donors (Lipinski definition) is 1. The highest BCUT2D eigenvalue weighted by Crippen LogP contribution is 2.39. The molecule has 0 aromatic rings. The van der Waals surface area contributed by atoms with E-state index in [9.17, 15) is 14.7 Å². The van der Waals surface area contributed by atoms with Gasteiger partial charge in [0.15, 0.2) is 5.78 Å². The zero-order valence-corrected chi connectivity index (χ0v) is 8.73. The van der Waals surface area contributed by atoms with Crippen molar-refractivity contribution in [3.63, 3.8) is 0 Å². The molecule has 0 aromatic heterocycles. The molecule has 1 saturated carbocycles. The van der Waals surface area contributed by atoms with Crippen LogP contribution in [0.2, 0.25) is 0 Å².